The molecule has 2 rings (SSSR count). The molecule has 0 aliphatic heterocycles. The molecule has 0 unspecified atom stereocenters. The van der Waals surface area contributed by atoms with E-state index >= 15 is 0 Å². The van der Waals surface area contributed by atoms with E-state index in [9.17, 15) is 10.1 Å². The van der Waals surface area contributed by atoms with E-state index < -0.39 is 0 Å². The SMILES string of the molecule is Cc1ccc(CNc2ccc([N+](=O)[O-])c(C)c2)cc1. The highest BCUT2D eigenvalue weighted by atomic mass is 16.6. The molecular formula is C15H16N2O2. The van der Waals surface area contributed by atoms with E-state index in [2.05, 4.69) is 36.5 Å². The van der Waals surface area contributed by atoms with Gasteiger partial charge in [0.1, 0.15) is 0 Å². The fourth-order valence-corrected chi connectivity index (χ4v) is 1.88. The first-order chi connectivity index (χ1) is 9.06. The molecule has 2 aromatic rings. The van der Waals surface area contributed by atoms with Crippen molar-refractivity contribution in [2.45, 2.75) is 20.4 Å². The van der Waals surface area contributed by atoms with Crippen LogP contribution in [0.25, 0.3) is 0 Å². The topological polar surface area (TPSA) is 55.2 Å². The summed E-state index contributed by atoms with van der Waals surface area (Å²) in [5.41, 5.74) is 4.13. The Hall–Kier alpha value is -2.36. The van der Waals surface area contributed by atoms with Crippen LogP contribution < -0.4 is 5.32 Å². The maximum atomic E-state index is 10.7. The first-order valence-electron chi connectivity index (χ1n) is 6.11. The Kier molecular flexibility index (Phi) is 3.80. The molecule has 0 saturated heterocycles. The number of nitrogens with zero attached hydrogens (tertiary/aromatic N) is 1. The van der Waals surface area contributed by atoms with Crippen LogP contribution in [0, 0.1) is 24.0 Å². The Bertz CT molecular complexity index is 592. The molecule has 0 atom stereocenters. The highest BCUT2D eigenvalue weighted by Crippen LogP contribution is 2.21. The molecular weight excluding hydrogens is 240 g/mol. The molecule has 98 valence electrons. The molecule has 0 bridgehead atoms. The minimum Gasteiger partial charge on any atom is -0.381 e. The van der Waals surface area contributed by atoms with Crippen LogP contribution in [0.15, 0.2) is 42.5 Å². The Morgan fingerprint density at radius 1 is 1.11 bits per heavy atom. The van der Waals surface area contributed by atoms with Crippen molar-refractivity contribution < 1.29 is 4.92 Å². The predicted molar refractivity (Wildman–Crippen MR) is 76.3 cm³/mol. The second-order valence-corrected chi connectivity index (χ2v) is 4.60. The molecule has 0 aromatic heterocycles. The van der Waals surface area contributed by atoms with E-state index in [1.807, 2.05) is 0 Å². The highest BCUT2D eigenvalue weighted by molar-refractivity contribution is 5.53. The average molecular weight is 256 g/mol. The van der Waals surface area contributed by atoms with Crippen molar-refractivity contribution in [2.24, 2.45) is 0 Å². The summed E-state index contributed by atoms with van der Waals surface area (Å²) >= 11 is 0. The summed E-state index contributed by atoms with van der Waals surface area (Å²) in [4.78, 5) is 10.4. The summed E-state index contributed by atoms with van der Waals surface area (Å²) in [6.07, 6.45) is 0. The summed E-state index contributed by atoms with van der Waals surface area (Å²) in [7, 11) is 0. The third-order valence-corrected chi connectivity index (χ3v) is 3.01. The van der Waals surface area contributed by atoms with Gasteiger partial charge in [0.05, 0.1) is 4.92 Å². The van der Waals surface area contributed by atoms with E-state index in [4.69, 9.17) is 0 Å². The fourth-order valence-electron chi connectivity index (χ4n) is 1.88. The Balaban J connectivity index is 2.06. The Morgan fingerprint density at radius 2 is 1.79 bits per heavy atom. The smallest absolute Gasteiger partial charge is 0.272 e. The second kappa shape index (κ2) is 5.52. The van der Waals surface area contributed by atoms with Crippen LogP contribution in [0.2, 0.25) is 0 Å². The molecule has 0 aliphatic carbocycles. The molecule has 2 aromatic carbocycles. The van der Waals surface area contributed by atoms with E-state index in [1.54, 1.807) is 19.1 Å². The average Bonchev–Trinajstić information content (AvgIpc) is 2.37. The molecule has 4 heteroatoms. The van der Waals surface area contributed by atoms with E-state index in [0.717, 1.165) is 5.69 Å². The van der Waals surface area contributed by atoms with Crippen molar-refractivity contribution >= 4 is 11.4 Å². The van der Waals surface area contributed by atoms with Crippen LogP contribution in [0.5, 0.6) is 0 Å². The zero-order chi connectivity index (χ0) is 13.8. The van der Waals surface area contributed by atoms with Gasteiger partial charge >= 0.3 is 0 Å². The number of anilines is 1. The molecule has 0 saturated carbocycles. The summed E-state index contributed by atoms with van der Waals surface area (Å²) in [5.74, 6) is 0. The van der Waals surface area contributed by atoms with Crippen LogP contribution in [0.1, 0.15) is 16.7 Å². The van der Waals surface area contributed by atoms with E-state index in [1.165, 1.54) is 17.2 Å². The van der Waals surface area contributed by atoms with Gasteiger partial charge in [-0.15, -0.1) is 0 Å². The molecule has 0 spiro atoms. The van der Waals surface area contributed by atoms with Crippen LogP contribution >= 0.6 is 0 Å². The van der Waals surface area contributed by atoms with Crippen molar-refractivity contribution in [3.63, 3.8) is 0 Å². The zero-order valence-electron chi connectivity index (χ0n) is 11.0. The van der Waals surface area contributed by atoms with Crippen LogP contribution in [-0.4, -0.2) is 4.92 Å². The Labute approximate surface area is 112 Å². The summed E-state index contributed by atoms with van der Waals surface area (Å²) < 4.78 is 0. The van der Waals surface area contributed by atoms with Crippen molar-refractivity contribution in [1.82, 2.24) is 0 Å². The lowest BCUT2D eigenvalue weighted by molar-refractivity contribution is -0.385. The first-order valence-corrected chi connectivity index (χ1v) is 6.11. The number of nitro groups is 1. The van der Waals surface area contributed by atoms with Crippen molar-refractivity contribution in [3.05, 3.63) is 69.3 Å². The summed E-state index contributed by atoms with van der Waals surface area (Å²) in [5, 5.41) is 14.0. The van der Waals surface area contributed by atoms with Crippen LogP contribution in [0.4, 0.5) is 11.4 Å². The lowest BCUT2D eigenvalue weighted by Crippen LogP contribution is -2.00. The molecule has 4 nitrogen and oxygen atoms in total. The van der Waals surface area contributed by atoms with Crippen LogP contribution in [0.3, 0.4) is 0 Å². The number of benzene rings is 2. The van der Waals surface area contributed by atoms with Crippen LogP contribution in [-0.2, 0) is 6.54 Å². The zero-order valence-corrected chi connectivity index (χ0v) is 11.0. The minimum atomic E-state index is -0.362. The monoisotopic (exact) mass is 256 g/mol. The van der Waals surface area contributed by atoms with Gasteiger partial charge in [-0.3, -0.25) is 10.1 Å². The van der Waals surface area contributed by atoms with Gasteiger partial charge < -0.3 is 5.32 Å². The largest absolute Gasteiger partial charge is 0.381 e. The van der Waals surface area contributed by atoms with Crippen molar-refractivity contribution in [1.29, 1.82) is 0 Å². The third-order valence-electron chi connectivity index (χ3n) is 3.01. The maximum Gasteiger partial charge on any atom is 0.272 e. The summed E-state index contributed by atoms with van der Waals surface area (Å²) in [6.45, 7) is 4.50. The molecule has 0 aliphatic rings. The van der Waals surface area contributed by atoms with Crippen molar-refractivity contribution in [2.75, 3.05) is 5.32 Å². The normalized spacial score (nSPS) is 10.2. The second-order valence-electron chi connectivity index (χ2n) is 4.60. The number of rotatable bonds is 4. The lowest BCUT2D eigenvalue weighted by Gasteiger charge is -2.08. The molecule has 0 fully saturated rings. The molecule has 1 N–H and O–H groups in total. The number of aryl methyl sites for hydroxylation is 2. The predicted octanol–water partition coefficient (Wildman–Crippen LogP) is 3.82. The highest BCUT2D eigenvalue weighted by Gasteiger charge is 2.09. The van der Waals surface area contributed by atoms with Gasteiger partial charge in [0, 0.05) is 23.9 Å². The summed E-state index contributed by atoms with van der Waals surface area (Å²) in [6, 6.07) is 13.3. The minimum absolute atomic E-state index is 0.154. The van der Waals surface area contributed by atoms with Gasteiger partial charge in [0.25, 0.3) is 5.69 Å². The first kappa shape index (κ1) is 13.1. The van der Waals surface area contributed by atoms with Gasteiger partial charge in [0.15, 0.2) is 0 Å². The van der Waals surface area contributed by atoms with Gasteiger partial charge in [0.2, 0.25) is 0 Å². The van der Waals surface area contributed by atoms with Gasteiger partial charge in [-0.25, -0.2) is 0 Å². The standard InChI is InChI=1S/C15H16N2O2/c1-11-3-5-13(6-4-11)10-16-14-7-8-15(17(18)19)12(2)9-14/h3-9,16H,10H2,1-2H3. The quantitative estimate of drug-likeness (QED) is 0.668. The number of nitrogens with one attached hydrogen (secondary N) is 1. The molecule has 0 amide bonds. The third kappa shape index (κ3) is 3.31. The van der Waals surface area contributed by atoms with E-state index in [0.29, 0.717) is 12.1 Å². The van der Waals surface area contributed by atoms with Gasteiger partial charge in [-0.05, 0) is 31.5 Å². The van der Waals surface area contributed by atoms with Crippen molar-refractivity contribution in [3.8, 4) is 0 Å². The maximum absolute atomic E-state index is 10.7. The lowest BCUT2D eigenvalue weighted by atomic mass is 10.1. The number of nitro benzene ring substituents is 1. The Morgan fingerprint density at radius 3 is 2.37 bits per heavy atom. The van der Waals surface area contributed by atoms with Gasteiger partial charge in [-0.1, -0.05) is 29.8 Å². The molecule has 0 radical (unpaired) electrons. The number of hydrogen-bond donors (Lipinski definition) is 1. The van der Waals surface area contributed by atoms with E-state index in [-0.39, 0.29) is 10.6 Å². The number of hydrogen-bond acceptors (Lipinski definition) is 3. The van der Waals surface area contributed by atoms with Gasteiger partial charge in [-0.2, -0.15) is 0 Å². The molecule has 0 heterocycles. The fraction of sp³-hybridized carbons (Fsp3) is 0.200. The molecule has 19 heavy (non-hydrogen) atoms.